The quantitative estimate of drug-likeness (QED) is 0.554. The van der Waals surface area contributed by atoms with Gasteiger partial charge in [0.2, 0.25) is 10.0 Å². The van der Waals surface area contributed by atoms with Gasteiger partial charge < -0.3 is 9.15 Å². The van der Waals surface area contributed by atoms with Gasteiger partial charge in [0, 0.05) is 12.8 Å². The molecule has 0 aliphatic carbocycles. The van der Waals surface area contributed by atoms with Crippen LogP contribution in [0, 0.1) is 0 Å². The standard InChI is InChI=1S/C20H21NO6S2/c1-28(22,23)19-9-2-3-10-20(19)29(24,25)21-13-16-6-4-7-17(12-16)14-26-15-18-8-5-11-27-18/h2-12,21H,13-15H2,1H3. The van der Waals surface area contributed by atoms with Gasteiger partial charge in [0.25, 0.3) is 0 Å². The molecule has 9 heteroatoms. The first-order valence-electron chi connectivity index (χ1n) is 8.72. The number of benzene rings is 2. The molecule has 0 saturated carbocycles. The highest BCUT2D eigenvalue weighted by Gasteiger charge is 2.23. The number of hydrogen-bond donors (Lipinski definition) is 1. The van der Waals surface area contributed by atoms with Crippen molar-refractivity contribution < 1.29 is 26.0 Å². The summed E-state index contributed by atoms with van der Waals surface area (Å²) < 4.78 is 62.3. The van der Waals surface area contributed by atoms with E-state index in [1.807, 2.05) is 18.2 Å². The van der Waals surface area contributed by atoms with E-state index in [4.69, 9.17) is 9.15 Å². The Balaban J connectivity index is 1.67. The average molecular weight is 436 g/mol. The Morgan fingerprint density at radius 2 is 1.59 bits per heavy atom. The molecule has 1 heterocycles. The predicted molar refractivity (Wildman–Crippen MR) is 107 cm³/mol. The van der Waals surface area contributed by atoms with E-state index in [0.717, 1.165) is 23.1 Å². The molecule has 3 aromatic rings. The van der Waals surface area contributed by atoms with E-state index >= 15 is 0 Å². The molecule has 1 N–H and O–H groups in total. The van der Waals surface area contributed by atoms with Gasteiger partial charge in [-0.3, -0.25) is 0 Å². The van der Waals surface area contributed by atoms with Crippen molar-refractivity contribution in [1.82, 2.24) is 4.72 Å². The van der Waals surface area contributed by atoms with Crippen LogP contribution in [0.2, 0.25) is 0 Å². The van der Waals surface area contributed by atoms with Crippen LogP contribution in [0.3, 0.4) is 0 Å². The minimum atomic E-state index is -4.00. The zero-order valence-corrected chi connectivity index (χ0v) is 17.4. The second-order valence-corrected chi connectivity index (χ2v) is 10.2. The Kier molecular flexibility index (Phi) is 6.53. The van der Waals surface area contributed by atoms with E-state index in [0.29, 0.717) is 13.2 Å². The second kappa shape index (κ2) is 8.91. The normalized spacial score (nSPS) is 12.2. The third kappa shape index (κ3) is 5.77. The Hall–Kier alpha value is -2.46. The molecule has 0 radical (unpaired) electrons. The molecule has 154 valence electrons. The molecule has 29 heavy (non-hydrogen) atoms. The molecule has 0 fully saturated rings. The first kappa shape index (κ1) is 21.3. The third-order valence-electron chi connectivity index (χ3n) is 4.09. The maximum Gasteiger partial charge on any atom is 0.242 e. The number of nitrogens with one attached hydrogen (secondary N) is 1. The van der Waals surface area contributed by atoms with Gasteiger partial charge in [0.05, 0.1) is 17.8 Å². The highest BCUT2D eigenvalue weighted by Crippen LogP contribution is 2.20. The molecular formula is C20H21NO6S2. The summed E-state index contributed by atoms with van der Waals surface area (Å²) in [7, 11) is -7.68. The summed E-state index contributed by atoms with van der Waals surface area (Å²) in [6.45, 7) is 0.705. The molecule has 0 saturated heterocycles. The van der Waals surface area contributed by atoms with Gasteiger partial charge in [-0.25, -0.2) is 21.6 Å². The van der Waals surface area contributed by atoms with Crippen molar-refractivity contribution in [2.45, 2.75) is 29.5 Å². The van der Waals surface area contributed by atoms with Crippen molar-refractivity contribution in [3.05, 3.63) is 83.8 Å². The molecule has 0 bridgehead atoms. The van der Waals surface area contributed by atoms with Crippen LogP contribution in [-0.2, 0) is 44.4 Å². The Morgan fingerprint density at radius 1 is 0.862 bits per heavy atom. The first-order valence-corrected chi connectivity index (χ1v) is 12.1. The zero-order valence-electron chi connectivity index (χ0n) is 15.7. The van der Waals surface area contributed by atoms with Gasteiger partial charge in [-0.05, 0) is 35.4 Å². The predicted octanol–water partition coefficient (Wildman–Crippen LogP) is 2.88. The van der Waals surface area contributed by atoms with Crippen molar-refractivity contribution in [3.63, 3.8) is 0 Å². The van der Waals surface area contributed by atoms with Gasteiger partial charge in [-0.1, -0.05) is 36.4 Å². The first-order chi connectivity index (χ1) is 13.8. The van der Waals surface area contributed by atoms with E-state index in [-0.39, 0.29) is 16.3 Å². The lowest BCUT2D eigenvalue weighted by Gasteiger charge is -2.11. The molecule has 3 rings (SSSR count). The molecule has 0 atom stereocenters. The molecule has 0 unspecified atom stereocenters. The highest BCUT2D eigenvalue weighted by atomic mass is 32.2. The van der Waals surface area contributed by atoms with Gasteiger partial charge in [-0.15, -0.1) is 0 Å². The molecule has 0 aliphatic rings. The fourth-order valence-corrected chi connectivity index (χ4v) is 5.37. The summed E-state index contributed by atoms with van der Waals surface area (Å²) in [5.74, 6) is 0.721. The van der Waals surface area contributed by atoms with Gasteiger partial charge >= 0.3 is 0 Å². The van der Waals surface area contributed by atoms with E-state index in [9.17, 15) is 16.8 Å². The fraction of sp³-hybridized carbons (Fsp3) is 0.200. The summed E-state index contributed by atoms with van der Waals surface area (Å²) in [6.07, 6.45) is 2.56. The van der Waals surface area contributed by atoms with Crippen LogP contribution in [0.15, 0.2) is 81.1 Å². The van der Waals surface area contributed by atoms with Crippen LogP contribution in [0.5, 0.6) is 0 Å². The minimum absolute atomic E-state index is 0.0203. The van der Waals surface area contributed by atoms with Crippen LogP contribution in [0.1, 0.15) is 16.9 Å². The van der Waals surface area contributed by atoms with E-state index in [1.165, 1.54) is 24.3 Å². The van der Waals surface area contributed by atoms with Gasteiger partial charge in [0.15, 0.2) is 9.84 Å². The smallest absolute Gasteiger partial charge is 0.242 e. The SMILES string of the molecule is CS(=O)(=O)c1ccccc1S(=O)(=O)NCc1cccc(COCc2ccco2)c1. The number of furan rings is 1. The average Bonchev–Trinajstić information content (AvgIpc) is 3.20. The van der Waals surface area contributed by atoms with Crippen LogP contribution >= 0.6 is 0 Å². The number of sulfone groups is 1. The lowest BCUT2D eigenvalue weighted by Crippen LogP contribution is -2.25. The largest absolute Gasteiger partial charge is 0.467 e. The maximum absolute atomic E-state index is 12.7. The highest BCUT2D eigenvalue weighted by molar-refractivity contribution is 7.93. The second-order valence-electron chi connectivity index (χ2n) is 6.44. The molecule has 2 aromatic carbocycles. The van der Waals surface area contributed by atoms with Crippen molar-refractivity contribution in [2.24, 2.45) is 0 Å². The Morgan fingerprint density at radius 3 is 2.28 bits per heavy atom. The van der Waals surface area contributed by atoms with Crippen LogP contribution in [-0.4, -0.2) is 23.1 Å². The number of ether oxygens (including phenoxy) is 1. The topological polar surface area (TPSA) is 103 Å². The lowest BCUT2D eigenvalue weighted by atomic mass is 10.1. The summed E-state index contributed by atoms with van der Waals surface area (Å²) in [4.78, 5) is -0.493. The van der Waals surface area contributed by atoms with Gasteiger partial charge in [0.1, 0.15) is 17.3 Å². The monoisotopic (exact) mass is 435 g/mol. The number of hydrogen-bond acceptors (Lipinski definition) is 6. The van der Waals surface area contributed by atoms with Crippen molar-refractivity contribution >= 4 is 19.9 Å². The summed E-state index contributed by atoms with van der Waals surface area (Å²) >= 11 is 0. The molecule has 0 aliphatic heterocycles. The van der Waals surface area contributed by atoms with Crippen LogP contribution in [0.25, 0.3) is 0 Å². The number of sulfonamides is 1. The molecule has 1 aromatic heterocycles. The van der Waals surface area contributed by atoms with E-state index < -0.39 is 19.9 Å². The Labute approximate surface area is 170 Å². The molecule has 0 amide bonds. The maximum atomic E-state index is 12.7. The molecule has 7 nitrogen and oxygen atoms in total. The summed E-state index contributed by atoms with van der Waals surface area (Å²) in [6, 6.07) is 16.4. The molecule has 0 spiro atoms. The fourth-order valence-electron chi connectivity index (χ4n) is 2.73. The third-order valence-corrected chi connectivity index (χ3v) is 6.83. The van der Waals surface area contributed by atoms with Crippen molar-refractivity contribution in [3.8, 4) is 0 Å². The summed E-state index contributed by atoms with van der Waals surface area (Å²) in [5.41, 5.74) is 1.61. The zero-order chi connectivity index (χ0) is 20.9. The van der Waals surface area contributed by atoms with Crippen molar-refractivity contribution in [2.75, 3.05) is 6.26 Å². The lowest BCUT2D eigenvalue weighted by molar-refractivity contribution is 0.0929. The number of rotatable bonds is 9. The summed E-state index contributed by atoms with van der Waals surface area (Å²) in [5, 5.41) is 0. The van der Waals surface area contributed by atoms with E-state index in [2.05, 4.69) is 4.72 Å². The van der Waals surface area contributed by atoms with Crippen LogP contribution < -0.4 is 4.72 Å². The minimum Gasteiger partial charge on any atom is -0.467 e. The van der Waals surface area contributed by atoms with Gasteiger partial charge in [-0.2, -0.15) is 0 Å². The molecular weight excluding hydrogens is 414 g/mol. The van der Waals surface area contributed by atoms with Crippen LogP contribution in [0.4, 0.5) is 0 Å². The van der Waals surface area contributed by atoms with Crippen molar-refractivity contribution in [1.29, 1.82) is 0 Å². The van der Waals surface area contributed by atoms with E-state index in [1.54, 1.807) is 24.5 Å². The Bertz CT molecular complexity index is 1170.